The third-order valence-electron chi connectivity index (χ3n) is 6.34. The fourth-order valence-electron chi connectivity index (χ4n) is 3.77. The fourth-order valence-corrected chi connectivity index (χ4v) is 5.70. The van der Waals surface area contributed by atoms with Gasteiger partial charge in [-0.15, -0.1) is 0 Å². The lowest BCUT2D eigenvalue weighted by molar-refractivity contribution is -0.138. The van der Waals surface area contributed by atoms with Crippen LogP contribution in [0.1, 0.15) is 39.5 Å². The second-order valence-electron chi connectivity index (χ2n) is 9.15. The number of rotatable bonds is 8. The smallest absolute Gasteiger partial charge is 0.228 e. The minimum absolute atomic E-state index is 0.0193. The summed E-state index contributed by atoms with van der Waals surface area (Å²) >= 11 is 0. The molecule has 1 saturated heterocycles. The maximum atomic E-state index is 13.0. The Morgan fingerprint density at radius 1 is 1.17 bits per heavy atom. The average molecular weight is 439 g/mol. The topological polar surface area (TPSA) is 89.7 Å². The van der Waals surface area contributed by atoms with Crippen molar-refractivity contribution in [3.05, 3.63) is 36.2 Å². The van der Waals surface area contributed by atoms with Crippen LogP contribution in [0, 0.1) is 10.8 Å². The number of halogens is 1. The van der Waals surface area contributed by atoms with Gasteiger partial charge in [0.15, 0.2) is 9.84 Å². The Labute approximate surface area is 178 Å². The normalized spacial score (nSPS) is 20.7. The summed E-state index contributed by atoms with van der Waals surface area (Å²) in [7, 11) is -3.48. The van der Waals surface area contributed by atoms with Crippen molar-refractivity contribution in [2.45, 2.75) is 44.4 Å². The van der Waals surface area contributed by atoms with Gasteiger partial charge in [-0.05, 0) is 55.4 Å². The van der Waals surface area contributed by atoms with Gasteiger partial charge < -0.3 is 15.4 Å². The van der Waals surface area contributed by atoms with Crippen molar-refractivity contribution < 1.29 is 22.3 Å². The molecule has 166 valence electrons. The van der Waals surface area contributed by atoms with Gasteiger partial charge in [-0.25, -0.2) is 12.8 Å². The lowest BCUT2D eigenvalue weighted by Gasteiger charge is -2.40. The van der Waals surface area contributed by atoms with Crippen molar-refractivity contribution in [3.8, 4) is 5.75 Å². The summed E-state index contributed by atoms with van der Waals surface area (Å²) in [5.74, 6) is 0.707. The molecule has 1 amide bonds. The predicted molar refractivity (Wildman–Crippen MR) is 113 cm³/mol. The highest BCUT2D eigenvalue weighted by Crippen LogP contribution is 2.47. The first-order valence-electron chi connectivity index (χ1n) is 10.3. The Hall–Kier alpha value is -1.93. The van der Waals surface area contributed by atoms with Crippen LogP contribution in [0.5, 0.6) is 5.75 Å². The second kappa shape index (κ2) is 8.67. The number of ether oxygens (including phenoxy) is 1. The van der Waals surface area contributed by atoms with Crippen molar-refractivity contribution in [1.82, 2.24) is 4.90 Å². The molecule has 2 aliphatic rings. The zero-order chi connectivity index (χ0) is 22.0. The van der Waals surface area contributed by atoms with E-state index < -0.39 is 9.84 Å². The van der Waals surface area contributed by atoms with E-state index in [1.165, 1.54) is 12.1 Å². The number of sulfone groups is 1. The molecule has 0 bridgehead atoms. The summed E-state index contributed by atoms with van der Waals surface area (Å²) in [6.07, 6.45) is 3.67. The monoisotopic (exact) mass is 438 g/mol. The molecule has 1 aliphatic heterocycles. The number of carbonyl (C=O) groups is 1. The van der Waals surface area contributed by atoms with E-state index in [1.54, 1.807) is 12.1 Å². The molecular weight excluding hydrogens is 407 g/mol. The first-order valence-corrected chi connectivity index (χ1v) is 12.0. The molecule has 1 aromatic carbocycles. The summed E-state index contributed by atoms with van der Waals surface area (Å²) in [4.78, 5) is 14.7. The summed E-state index contributed by atoms with van der Waals surface area (Å²) in [6, 6.07) is 6.17. The number of hydrogen-bond acceptors (Lipinski definition) is 5. The molecule has 8 heteroatoms. The Morgan fingerprint density at radius 3 is 2.27 bits per heavy atom. The third kappa shape index (κ3) is 5.21. The van der Waals surface area contributed by atoms with E-state index in [1.807, 2.05) is 18.7 Å². The van der Waals surface area contributed by atoms with Gasteiger partial charge in [0.05, 0.1) is 17.0 Å². The van der Waals surface area contributed by atoms with Gasteiger partial charge in [0.25, 0.3) is 0 Å². The van der Waals surface area contributed by atoms with Gasteiger partial charge in [0.1, 0.15) is 12.4 Å². The highest BCUT2D eigenvalue weighted by Gasteiger charge is 2.48. The number of piperidine rings is 1. The van der Waals surface area contributed by atoms with Gasteiger partial charge >= 0.3 is 0 Å². The Kier molecular flexibility index (Phi) is 6.57. The van der Waals surface area contributed by atoms with Crippen molar-refractivity contribution in [1.29, 1.82) is 0 Å². The minimum atomic E-state index is -3.48. The number of nitrogens with two attached hydrogens (primary N) is 1. The van der Waals surface area contributed by atoms with Gasteiger partial charge in [0.2, 0.25) is 5.91 Å². The number of nitrogens with zero attached hydrogens (tertiary/aromatic N) is 1. The number of carbonyl (C=O) groups excluding carboxylic acids is 1. The quantitative estimate of drug-likeness (QED) is 0.674. The van der Waals surface area contributed by atoms with Crippen molar-refractivity contribution in [2.75, 3.05) is 32.0 Å². The lowest BCUT2D eigenvalue weighted by atomic mass is 9.82. The summed E-state index contributed by atoms with van der Waals surface area (Å²) in [6.45, 7) is 5.29. The molecule has 0 atom stereocenters. The number of benzene rings is 1. The highest BCUT2D eigenvalue weighted by atomic mass is 32.2. The van der Waals surface area contributed by atoms with Gasteiger partial charge in [-0.1, -0.05) is 13.8 Å². The molecular formula is C22H31FN2O4S. The first kappa shape index (κ1) is 22.7. The zero-order valence-electron chi connectivity index (χ0n) is 17.7. The van der Waals surface area contributed by atoms with Crippen LogP contribution >= 0.6 is 0 Å². The first-order chi connectivity index (χ1) is 14.1. The molecule has 1 heterocycles. The highest BCUT2D eigenvalue weighted by molar-refractivity contribution is 7.91. The van der Waals surface area contributed by atoms with E-state index in [9.17, 15) is 17.6 Å². The second-order valence-corrected chi connectivity index (χ2v) is 11.1. The molecule has 6 nitrogen and oxygen atoms in total. The lowest BCUT2D eigenvalue weighted by Crippen LogP contribution is -2.46. The molecule has 1 aliphatic carbocycles. The van der Waals surface area contributed by atoms with Crippen LogP contribution in [0.4, 0.5) is 4.39 Å². The zero-order valence-corrected chi connectivity index (χ0v) is 18.5. The fraction of sp³-hybridized carbons (Fsp3) is 0.591. The van der Waals surface area contributed by atoms with E-state index >= 15 is 0 Å². The van der Waals surface area contributed by atoms with Crippen LogP contribution in [0.2, 0.25) is 0 Å². The predicted octanol–water partition coefficient (Wildman–Crippen LogP) is 3.08. The molecule has 1 aromatic rings. The standard InChI is InChI=1S/C22H31FN2O4S/c1-21(9-11-25(12-10-21)20(26)22(2)7-8-22)16-30(27,28)19-5-3-18(4-6-19)29-15-17(13-23)14-24/h3-6,13H,7-12,14-16,24H2,1-2H3/b17-13+. The maximum Gasteiger partial charge on any atom is 0.228 e. The van der Waals surface area contributed by atoms with Crippen LogP contribution < -0.4 is 10.5 Å². The minimum Gasteiger partial charge on any atom is -0.489 e. The van der Waals surface area contributed by atoms with Crippen LogP contribution in [-0.4, -0.2) is 51.2 Å². The third-order valence-corrected chi connectivity index (χ3v) is 8.40. The van der Waals surface area contributed by atoms with Crippen LogP contribution in [-0.2, 0) is 14.6 Å². The summed E-state index contributed by atoms with van der Waals surface area (Å²) in [5.41, 5.74) is 5.16. The van der Waals surface area contributed by atoms with Crippen LogP contribution in [0.25, 0.3) is 0 Å². The largest absolute Gasteiger partial charge is 0.489 e. The van der Waals surface area contributed by atoms with E-state index in [0.717, 1.165) is 12.8 Å². The molecule has 2 fully saturated rings. The Bertz CT molecular complexity index is 900. The molecule has 1 saturated carbocycles. The van der Waals surface area contributed by atoms with Gasteiger partial charge in [-0.2, -0.15) is 0 Å². The Balaban J connectivity index is 1.58. The Morgan fingerprint density at radius 2 is 1.77 bits per heavy atom. The van der Waals surface area contributed by atoms with E-state index in [4.69, 9.17) is 10.5 Å². The molecule has 0 aromatic heterocycles. The van der Waals surface area contributed by atoms with Crippen LogP contribution in [0.3, 0.4) is 0 Å². The molecule has 2 N–H and O–H groups in total. The van der Waals surface area contributed by atoms with E-state index in [0.29, 0.717) is 43.6 Å². The van der Waals surface area contributed by atoms with Crippen molar-refractivity contribution in [2.24, 2.45) is 16.6 Å². The number of hydrogen-bond donors (Lipinski definition) is 1. The van der Waals surface area contributed by atoms with Gasteiger partial charge in [0, 0.05) is 30.6 Å². The molecule has 0 radical (unpaired) electrons. The number of amides is 1. The summed E-state index contributed by atoms with van der Waals surface area (Å²) in [5, 5.41) is 0. The number of likely N-dealkylation sites (tertiary alicyclic amines) is 1. The van der Waals surface area contributed by atoms with Crippen molar-refractivity contribution >= 4 is 15.7 Å². The SMILES string of the molecule is CC1(CS(=O)(=O)c2ccc(OC/C(=C/F)CN)cc2)CCN(C(=O)C2(C)CC2)CC1. The van der Waals surface area contributed by atoms with Crippen LogP contribution in [0.15, 0.2) is 41.1 Å². The molecule has 0 spiro atoms. The average Bonchev–Trinajstić information content (AvgIpc) is 3.47. The maximum absolute atomic E-state index is 13.0. The molecule has 30 heavy (non-hydrogen) atoms. The van der Waals surface area contributed by atoms with Crippen molar-refractivity contribution in [3.63, 3.8) is 0 Å². The van der Waals surface area contributed by atoms with E-state index in [-0.39, 0.29) is 40.5 Å². The molecule has 3 rings (SSSR count). The van der Waals surface area contributed by atoms with E-state index in [2.05, 4.69) is 0 Å². The summed E-state index contributed by atoms with van der Waals surface area (Å²) < 4.78 is 43.9. The molecule has 0 unspecified atom stereocenters. The van der Waals surface area contributed by atoms with Gasteiger partial charge in [-0.3, -0.25) is 4.79 Å².